The van der Waals surface area contributed by atoms with Crippen LogP contribution in [0, 0.1) is 11.3 Å². The van der Waals surface area contributed by atoms with E-state index in [1.54, 1.807) is 11.3 Å². The molecule has 0 radical (unpaired) electrons. The highest BCUT2D eigenvalue weighted by Gasteiger charge is 2.10. The number of halogens is 1. The van der Waals surface area contributed by atoms with Crippen LogP contribution in [0.4, 0.5) is 0 Å². The summed E-state index contributed by atoms with van der Waals surface area (Å²) in [5.74, 6) is 1.21. The first-order valence-electron chi connectivity index (χ1n) is 4.75. The summed E-state index contributed by atoms with van der Waals surface area (Å²) < 4.78 is 6.14. The van der Waals surface area contributed by atoms with Crippen molar-refractivity contribution in [3.8, 4) is 16.8 Å². The minimum Gasteiger partial charge on any atom is -0.339 e. The van der Waals surface area contributed by atoms with Crippen LogP contribution in [-0.4, -0.2) is 10.1 Å². The molecule has 0 saturated heterocycles. The minimum absolute atomic E-state index is 0.516. The molecule has 0 amide bonds. The molecule has 6 heteroatoms. The van der Waals surface area contributed by atoms with Crippen molar-refractivity contribution < 1.29 is 4.52 Å². The van der Waals surface area contributed by atoms with Crippen molar-refractivity contribution in [3.63, 3.8) is 0 Å². The molecule has 82 valence electrons. The Kier molecular flexibility index (Phi) is 3.70. The van der Waals surface area contributed by atoms with Gasteiger partial charge in [0.15, 0.2) is 0 Å². The highest BCUT2D eigenvalue weighted by molar-refractivity contribution is 9.11. The Bertz CT molecular complexity index is 514. The second kappa shape index (κ2) is 5.23. The van der Waals surface area contributed by atoms with Crippen LogP contribution in [0.3, 0.4) is 0 Å². The molecule has 0 aliphatic carbocycles. The third kappa shape index (κ3) is 2.68. The van der Waals surface area contributed by atoms with Gasteiger partial charge in [0, 0.05) is 12.8 Å². The van der Waals surface area contributed by atoms with E-state index in [9.17, 15) is 0 Å². The van der Waals surface area contributed by atoms with Crippen molar-refractivity contribution in [1.82, 2.24) is 10.1 Å². The van der Waals surface area contributed by atoms with E-state index in [-0.39, 0.29) is 0 Å². The molecule has 4 nitrogen and oxygen atoms in total. The van der Waals surface area contributed by atoms with Gasteiger partial charge in [0.05, 0.1) is 14.7 Å². The summed E-state index contributed by atoms with van der Waals surface area (Å²) in [6.07, 6.45) is 1.93. The minimum atomic E-state index is 0.516. The highest BCUT2D eigenvalue weighted by atomic mass is 79.9. The van der Waals surface area contributed by atoms with Gasteiger partial charge in [0.2, 0.25) is 11.7 Å². The number of nitriles is 1. The summed E-state index contributed by atoms with van der Waals surface area (Å²) >= 11 is 4.95. The number of nitrogens with zero attached hydrogens (tertiary/aromatic N) is 3. The van der Waals surface area contributed by atoms with E-state index >= 15 is 0 Å². The molecule has 2 rings (SSSR count). The Hall–Kier alpha value is -1.19. The van der Waals surface area contributed by atoms with Gasteiger partial charge in [-0.15, -0.1) is 11.3 Å². The van der Waals surface area contributed by atoms with E-state index in [0.29, 0.717) is 24.6 Å². The SMILES string of the molecule is N#CCCCc1nc(-c2ccc(Br)s2)no1. The predicted molar refractivity (Wildman–Crippen MR) is 63.9 cm³/mol. The molecule has 0 fully saturated rings. The molecule has 2 aromatic rings. The van der Waals surface area contributed by atoms with Gasteiger partial charge in [0.25, 0.3) is 0 Å². The summed E-state index contributed by atoms with van der Waals surface area (Å²) in [5.41, 5.74) is 0. The third-order valence-corrected chi connectivity index (χ3v) is 3.56. The zero-order valence-electron chi connectivity index (χ0n) is 8.31. The Labute approximate surface area is 105 Å². The third-order valence-electron chi connectivity index (χ3n) is 1.94. The number of hydrogen-bond acceptors (Lipinski definition) is 5. The van der Waals surface area contributed by atoms with Gasteiger partial charge < -0.3 is 4.52 Å². The summed E-state index contributed by atoms with van der Waals surface area (Å²) in [4.78, 5) is 5.24. The highest BCUT2D eigenvalue weighted by Crippen LogP contribution is 2.29. The van der Waals surface area contributed by atoms with Crippen LogP contribution in [0.25, 0.3) is 10.7 Å². The molecule has 2 aromatic heterocycles. The van der Waals surface area contributed by atoms with Crippen LogP contribution in [0.5, 0.6) is 0 Å². The average molecular weight is 298 g/mol. The summed E-state index contributed by atoms with van der Waals surface area (Å²) in [7, 11) is 0. The smallest absolute Gasteiger partial charge is 0.227 e. The molecule has 0 aliphatic rings. The predicted octanol–water partition coefficient (Wildman–Crippen LogP) is 3.41. The second-order valence-electron chi connectivity index (χ2n) is 3.13. The molecular formula is C10H8BrN3OS. The lowest BCUT2D eigenvalue weighted by atomic mass is 10.2. The molecular weight excluding hydrogens is 290 g/mol. The molecule has 0 aromatic carbocycles. The fraction of sp³-hybridized carbons (Fsp3) is 0.300. The standard InChI is InChI=1S/C10H8BrN3OS/c11-8-5-4-7(16-8)10-13-9(15-14-10)3-1-2-6-12/h4-5H,1-3H2. The van der Waals surface area contributed by atoms with Crippen LogP contribution < -0.4 is 0 Å². The molecule has 0 bridgehead atoms. The first-order valence-corrected chi connectivity index (χ1v) is 6.36. The summed E-state index contributed by atoms with van der Waals surface area (Å²) in [6, 6.07) is 5.98. The first kappa shape index (κ1) is 11.3. The Morgan fingerprint density at radius 3 is 3.06 bits per heavy atom. The van der Waals surface area contributed by atoms with E-state index in [1.807, 2.05) is 12.1 Å². The van der Waals surface area contributed by atoms with Gasteiger partial charge in [-0.1, -0.05) is 5.16 Å². The van der Waals surface area contributed by atoms with Crippen molar-refractivity contribution in [2.24, 2.45) is 0 Å². The zero-order chi connectivity index (χ0) is 11.4. The zero-order valence-corrected chi connectivity index (χ0v) is 10.7. The van der Waals surface area contributed by atoms with Crippen LogP contribution in [0.2, 0.25) is 0 Å². The number of rotatable bonds is 4. The van der Waals surface area contributed by atoms with Crippen LogP contribution in [-0.2, 0) is 6.42 Å². The van der Waals surface area contributed by atoms with Gasteiger partial charge in [-0.25, -0.2) is 0 Å². The van der Waals surface area contributed by atoms with Crippen molar-refractivity contribution in [1.29, 1.82) is 5.26 Å². The average Bonchev–Trinajstić information content (AvgIpc) is 2.87. The maximum absolute atomic E-state index is 8.41. The summed E-state index contributed by atoms with van der Waals surface area (Å²) in [5, 5.41) is 12.3. The fourth-order valence-electron chi connectivity index (χ4n) is 1.21. The maximum Gasteiger partial charge on any atom is 0.227 e. The molecule has 0 atom stereocenters. The van der Waals surface area contributed by atoms with Crippen molar-refractivity contribution in [3.05, 3.63) is 21.8 Å². The van der Waals surface area contributed by atoms with Crippen LogP contribution in [0.1, 0.15) is 18.7 Å². The van der Waals surface area contributed by atoms with Gasteiger partial charge in [-0.2, -0.15) is 10.2 Å². The van der Waals surface area contributed by atoms with Crippen molar-refractivity contribution >= 4 is 27.3 Å². The van der Waals surface area contributed by atoms with Gasteiger partial charge in [-0.05, 0) is 34.5 Å². The van der Waals surface area contributed by atoms with Crippen LogP contribution >= 0.6 is 27.3 Å². The number of aromatic nitrogens is 2. The number of hydrogen-bond donors (Lipinski definition) is 0. The Balaban J connectivity index is 2.05. The van der Waals surface area contributed by atoms with E-state index in [0.717, 1.165) is 15.1 Å². The Morgan fingerprint density at radius 2 is 2.38 bits per heavy atom. The molecule has 0 N–H and O–H groups in total. The molecule has 0 saturated carbocycles. The number of thiophene rings is 1. The topological polar surface area (TPSA) is 62.7 Å². The van der Waals surface area contributed by atoms with E-state index in [2.05, 4.69) is 32.1 Å². The molecule has 16 heavy (non-hydrogen) atoms. The lowest BCUT2D eigenvalue weighted by molar-refractivity contribution is 0.376. The molecule has 0 aliphatic heterocycles. The lowest BCUT2D eigenvalue weighted by Gasteiger charge is -1.86. The fourth-order valence-corrected chi connectivity index (χ4v) is 2.52. The van der Waals surface area contributed by atoms with E-state index < -0.39 is 0 Å². The van der Waals surface area contributed by atoms with E-state index in [4.69, 9.17) is 9.78 Å². The maximum atomic E-state index is 8.41. The first-order chi connectivity index (χ1) is 7.79. The molecule has 0 unspecified atom stereocenters. The second-order valence-corrected chi connectivity index (χ2v) is 5.59. The van der Waals surface area contributed by atoms with Gasteiger partial charge in [-0.3, -0.25) is 0 Å². The lowest BCUT2D eigenvalue weighted by Crippen LogP contribution is -1.84. The summed E-state index contributed by atoms with van der Waals surface area (Å²) in [6.45, 7) is 0. The quantitative estimate of drug-likeness (QED) is 0.811. The molecule has 2 heterocycles. The van der Waals surface area contributed by atoms with E-state index in [1.165, 1.54) is 0 Å². The van der Waals surface area contributed by atoms with Crippen molar-refractivity contribution in [2.75, 3.05) is 0 Å². The van der Waals surface area contributed by atoms with Crippen LogP contribution in [0.15, 0.2) is 20.4 Å². The van der Waals surface area contributed by atoms with Crippen molar-refractivity contribution in [2.45, 2.75) is 19.3 Å². The number of unbranched alkanes of at least 4 members (excludes halogenated alkanes) is 1. The van der Waals surface area contributed by atoms with Gasteiger partial charge >= 0.3 is 0 Å². The normalized spacial score (nSPS) is 10.2. The Morgan fingerprint density at radius 1 is 1.50 bits per heavy atom. The molecule has 0 spiro atoms. The largest absolute Gasteiger partial charge is 0.339 e. The monoisotopic (exact) mass is 297 g/mol. The number of aryl methyl sites for hydroxylation is 1. The van der Waals surface area contributed by atoms with Gasteiger partial charge in [0.1, 0.15) is 0 Å².